The van der Waals surface area contributed by atoms with Gasteiger partial charge in [0.15, 0.2) is 0 Å². The number of para-hydroxylation sites is 2. The Labute approximate surface area is 134 Å². The van der Waals surface area contributed by atoms with Gasteiger partial charge in [0, 0.05) is 23.0 Å². The Morgan fingerprint density at radius 3 is 1.78 bits per heavy atom. The van der Waals surface area contributed by atoms with Crippen molar-refractivity contribution in [2.45, 2.75) is 12.8 Å². The zero-order chi connectivity index (χ0) is 15.1. The number of hydrogen-bond acceptors (Lipinski definition) is 2. The third kappa shape index (κ3) is 1.34. The van der Waals surface area contributed by atoms with E-state index >= 15 is 0 Å². The minimum atomic E-state index is 0.301. The van der Waals surface area contributed by atoms with E-state index in [9.17, 15) is 4.79 Å². The van der Waals surface area contributed by atoms with Crippen LogP contribution in [-0.2, 0) is 4.79 Å². The maximum Gasteiger partial charge on any atom is 0.140 e. The van der Waals surface area contributed by atoms with Crippen molar-refractivity contribution in [2.75, 3.05) is 0 Å². The van der Waals surface area contributed by atoms with Crippen molar-refractivity contribution in [1.82, 2.24) is 0 Å². The SMILES string of the molecule is O=C1[C@@H]2C[C@H]3C(=C4c5ccccc5Oc5ccccc54)[C@@H]2C[C@@H]13. The van der Waals surface area contributed by atoms with E-state index in [0.717, 1.165) is 24.3 Å². The molecular formula is C21H16O2. The lowest BCUT2D eigenvalue weighted by Crippen LogP contribution is -2.16. The van der Waals surface area contributed by atoms with Crippen molar-refractivity contribution in [3.63, 3.8) is 0 Å². The number of hydrogen-bond donors (Lipinski definition) is 0. The second-order valence-electron chi connectivity index (χ2n) is 7.22. The van der Waals surface area contributed by atoms with Crippen LogP contribution in [0.4, 0.5) is 0 Å². The van der Waals surface area contributed by atoms with Crippen LogP contribution in [0.3, 0.4) is 0 Å². The number of ketones is 1. The molecule has 1 aliphatic heterocycles. The number of carbonyl (C=O) groups is 1. The maximum absolute atomic E-state index is 12.3. The average molecular weight is 300 g/mol. The summed E-state index contributed by atoms with van der Waals surface area (Å²) < 4.78 is 6.12. The standard InChI is InChI=1S/C21H16O2/c22-21-15-9-13-16(21)10-14(15)20(13)19-11-5-1-3-7-17(11)23-18-8-4-2-6-12(18)19/h1-8,13-16H,9-10H2/t13-,14-,15-,16-/m1/s1. The first kappa shape index (κ1) is 12.1. The molecule has 4 aliphatic carbocycles. The van der Waals surface area contributed by atoms with Gasteiger partial charge >= 0.3 is 0 Å². The van der Waals surface area contributed by atoms with E-state index in [4.69, 9.17) is 4.74 Å². The fraction of sp³-hybridized carbons (Fsp3) is 0.286. The summed E-state index contributed by atoms with van der Waals surface area (Å²) in [7, 11) is 0. The lowest BCUT2D eigenvalue weighted by Gasteiger charge is -2.27. The molecule has 0 saturated heterocycles. The van der Waals surface area contributed by atoms with Crippen LogP contribution in [0.2, 0.25) is 0 Å². The Balaban J connectivity index is 1.67. The highest BCUT2D eigenvalue weighted by Crippen LogP contribution is 2.66. The number of benzene rings is 2. The van der Waals surface area contributed by atoms with Crippen molar-refractivity contribution in [3.8, 4) is 11.5 Å². The molecule has 112 valence electrons. The van der Waals surface area contributed by atoms with Crippen LogP contribution < -0.4 is 4.74 Å². The van der Waals surface area contributed by atoms with Gasteiger partial charge in [-0.15, -0.1) is 0 Å². The minimum absolute atomic E-state index is 0.301. The van der Waals surface area contributed by atoms with Gasteiger partial charge in [0.2, 0.25) is 0 Å². The van der Waals surface area contributed by atoms with Crippen LogP contribution in [0, 0.1) is 23.7 Å². The van der Waals surface area contributed by atoms with Crippen LogP contribution in [0.1, 0.15) is 24.0 Å². The van der Waals surface area contributed by atoms with Gasteiger partial charge in [-0.2, -0.15) is 0 Å². The highest BCUT2D eigenvalue weighted by molar-refractivity contribution is 5.97. The Hall–Kier alpha value is -2.35. The van der Waals surface area contributed by atoms with E-state index in [2.05, 4.69) is 36.4 Å². The van der Waals surface area contributed by atoms with Crippen molar-refractivity contribution < 1.29 is 9.53 Å². The first-order valence-corrected chi connectivity index (χ1v) is 8.47. The van der Waals surface area contributed by atoms with E-state index < -0.39 is 0 Å². The first-order valence-electron chi connectivity index (χ1n) is 8.47. The van der Waals surface area contributed by atoms with Crippen LogP contribution >= 0.6 is 0 Å². The molecule has 4 atom stereocenters. The number of allylic oxidation sites excluding steroid dienone is 1. The Morgan fingerprint density at radius 2 is 1.26 bits per heavy atom. The molecule has 2 nitrogen and oxygen atoms in total. The molecule has 0 unspecified atom stereocenters. The largest absolute Gasteiger partial charge is 0.456 e. The van der Waals surface area contributed by atoms with Gasteiger partial charge in [-0.25, -0.2) is 0 Å². The van der Waals surface area contributed by atoms with Crippen molar-refractivity contribution in [3.05, 3.63) is 65.2 Å². The second kappa shape index (κ2) is 3.94. The minimum Gasteiger partial charge on any atom is -0.456 e. The molecule has 0 aromatic heterocycles. The predicted octanol–water partition coefficient (Wildman–Crippen LogP) is 4.45. The molecule has 2 aromatic rings. The summed E-state index contributed by atoms with van der Waals surface area (Å²) in [6.07, 6.45) is 2.16. The Bertz CT molecular complexity index is 838. The van der Waals surface area contributed by atoms with Gasteiger partial charge in [-0.3, -0.25) is 4.79 Å². The third-order valence-corrected chi connectivity index (χ3v) is 6.34. The maximum atomic E-state index is 12.3. The molecule has 4 saturated carbocycles. The summed E-state index contributed by atoms with van der Waals surface area (Å²) >= 11 is 0. The molecule has 0 N–H and O–H groups in total. The van der Waals surface area contributed by atoms with E-state index in [0.29, 0.717) is 29.5 Å². The van der Waals surface area contributed by atoms with Gasteiger partial charge in [-0.1, -0.05) is 42.0 Å². The lowest BCUT2D eigenvalue weighted by molar-refractivity contribution is -0.122. The van der Waals surface area contributed by atoms with E-state index in [1.54, 1.807) is 5.57 Å². The van der Waals surface area contributed by atoms with Crippen LogP contribution in [-0.4, -0.2) is 5.78 Å². The summed E-state index contributed by atoms with van der Waals surface area (Å²) in [4.78, 5) is 12.3. The van der Waals surface area contributed by atoms with Crippen LogP contribution in [0.15, 0.2) is 54.1 Å². The molecule has 0 spiro atoms. The highest BCUT2D eigenvalue weighted by atomic mass is 16.5. The van der Waals surface area contributed by atoms with E-state index in [1.165, 1.54) is 16.7 Å². The van der Waals surface area contributed by atoms with Crippen molar-refractivity contribution in [2.24, 2.45) is 23.7 Å². The second-order valence-corrected chi connectivity index (χ2v) is 7.22. The molecule has 5 aliphatic rings. The molecule has 2 heteroatoms. The van der Waals surface area contributed by atoms with Gasteiger partial charge in [0.25, 0.3) is 0 Å². The molecule has 2 aromatic carbocycles. The van der Waals surface area contributed by atoms with Gasteiger partial charge in [0.1, 0.15) is 17.3 Å². The number of carbonyl (C=O) groups excluding carboxylic acids is 1. The summed E-state index contributed by atoms with van der Waals surface area (Å²) in [5.41, 5.74) is 5.30. The van der Waals surface area contributed by atoms with Crippen LogP contribution in [0.25, 0.3) is 5.57 Å². The lowest BCUT2D eigenvalue weighted by atomic mass is 9.82. The predicted molar refractivity (Wildman–Crippen MR) is 87.2 cm³/mol. The van der Waals surface area contributed by atoms with E-state index in [1.807, 2.05) is 12.1 Å². The summed E-state index contributed by atoms with van der Waals surface area (Å²) in [5, 5.41) is 0. The Morgan fingerprint density at radius 1 is 0.739 bits per heavy atom. The third-order valence-electron chi connectivity index (χ3n) is 6.34. The molecule has 4 bridgehead atoms. The van der Waals surface area contributed by atoms with Gasteiger partial charge < -0.3 is 4.74 Å². The van der Waals surface area contributed by atoms with Crippen molar-refractivity contribution >= 4 is 11.4 Å². The zero-order valence-corrected chi connectivity index (χ0v) is 12.7. The van der Waals surface area contributed by atoms with Gasteiger partial charge in [0.05, 0.1) is 0 Å². The normalized spacial score (nSPS) is 32.3. The van der Waals surface area contributed by atoms with E-state index in [-0.39, 0.29) is 0 Å². The van der Waals surface area contributed by atoms with Crippen LogP contribution in [0.5, 0.6) is 11.5 Å². The number of fused-ring (bicyclic) bond motifs is 2. The molecule has 0 radical (unpaired) electrons. The summed E-state index contributed by atoms with van der Waals surface area (Å²) in [6.45, 7) is 0. The van der Waals surface area contributed by atoms with Gasteiger partial charge in [-0.05, 0) is 42.4 Å². The fourth-order valence-corrected chi connectivity index (χ4v) is 5.54. The summed E-state index contributed by atoms with van der Waals surface area (Å²) in [5.74, 6) is 3.99. The van der Waals surface area contributed by atoms with Crippen molar-refractivity contribution in [1.29, 1.82) is 0 Å². The first-order chi connectivity index (χ1) is 11.3. The zero-order valence-electron chi connectivity index (χ0n) is 12.7. The molecule has 0 amide bonds. The molecule has 1 heterocycles. The summed E-state index contributed by atoms with van der Waals surface area (Å²) in [6, 6.07) is 16.7. The number of Topliss-reactive ketones (excluding diaryl/α,β-unsaturated/α-hetero) is 1. The number of rotatable bonds is 0. The molecule has 7 rings (SSSR count). The Kier molecular flexibility index (Phi) is 2.08. The monoisotopic (exact) mass is 300 g/mol. The number of ether oxygens (including phenoxy) is 1. The molecular weight excluding hydrogens is 284 g/mol. The highest BCUT2D eigenvalue weighted by Gasteiger charge is 2.63. The molecule has 23 heavy (non-hydrogen) atoms. The topological polar surface area (TPSA) is 26.3 Å². The smallest absolute Gasteiger partial charge is 0.140 e. The molecule has 4 fully saturated rings. The quantitative estimate of drug-likeness (QED) is 0.613. The fourth-order valence-electron chi connectivity index (χ4n) is 5.54. The average Bonchev–Trinajstić information content (AvgIpc) is 3.30.